The molecular formula is C14H16N2O. The molecule has 2 N–H and O–H groups in total. The van der Waals surface area contributed by atoms with Gasteiger partial charge in [0.05, 0.1) is 11.1 Å². The van der Waals surface area contributed by atoms with Crippen molar-refractivity contribution in [2.24, 2.45) is 0 Å². The Bertz CT molecular complexity index is 538. The normalized spacial score (nSPS) is 16.5. The zero-order valence-electron chi connectivity index (χ0n) is 9.70. The minimum Gasteiger partial charge on any atom is -0.361 e. The molecule has 1 heterocycles. The van der Waals surface area contributed by atoms with E-state index >= 15 is 0 Å². The van der Waals surface area contributed by atoms with Gasteiger partial charge < -0.3 is 10.3 Å². The molecule has 1 aromatic heterocycles. The molecule has 3 heteroatoms. The van der Waals surface area contributed by atoms with Crippen LogP contribution >= 0.6 is 0 Å². The molecule has 0 bridgehead atoms. The predicted molar refractivity (Wildman–Crippen MR) is 68.0 cm³/mol. The summed E-state index contributed by atoms with van der Waals surface area (Å²) in [4.78, 5) is 15.3. The van der Waals surface area contributed by atoms with E-state index in [0.717, 1.165) is 29.3 Å². The van der Waals surface area contributed by atoms with Crippen molar-refractivity contribution in [2.45, 2.75) is 31.7 Å². The summed E-state index contributed by atoms with van der Waals surface area (Å²) in [5, 5.41) is 4.21. The molecule has 0 unspecified atom stereocenters. The lowest BCUT2D eigenvalue weighted by molar-refractivity contribution is 0.0939. The first-order chi connectivity index (χ1) is 8.34. The molecule has 0 spiro atoms. The largest absolute Gasteiger partial charge is 0.361 e. The van der Waals surface area contributed by atoms with E-state index in [4.69, 9.17) is 0 Å². The average Bonchev–Trinajstić information content (AvgIpc) is 2.97. The number of H-pyrrole nitrogens is 1. The number of hydrogen-bond acceptors (Lipinski definition) is 1. The lowest BCUT2D eigenvalue weighted by Crippen LogP contribution is -2.32. The van der Waals surface area contributed by atoms with E-state index < -0.39 is 0 Å². The Hall–Kier alpha value is -1.77. The third-order valence-corrected chi connectivity index (χ3v) is 3.52. The number of hydrogen-bond donors (Lipinski definition) is 2. The van der Waals surface area contributed by atoms with Gasteiger partial charge in [-0.05, 0) is 25.0 Å². The van der Waals surface area contributed by atoms with Gasteiger partial charge in [0.15, 0.2) is 0 Å². The summed E-state index contributed by atoms with van der Waals surface area (Å²) in [6, 6.07) is 8.18. The summed E-state index contributed by atoms with van der Waals surface area (Å²) >= 11 is 0. The lowest BCUT2D eigenvalue weighted by atomic mass is 10.1. The van der Waals surface area contributed by atoms with Gasteiger partial charge in [-0.25, -0.2) is 0 Å². The number of carbonyl (C=O) groups is 1. The van der Waals surface area contributed by atoms with Crippen LogP contribution in [0.25, 0.3) is 10.9 Å². The van der Waals surface area contributed by atoms with Gasteiger partial charge >= 0.3 is 0 Å². The SMILES string of the molecule is O=C(NC1CCCC1)c1cccc2cc[nH]c12. The van der Waals surface area contributed by atoms with Crippen molar-refractivity contribution < 1.29 is 4.79 Å². The summed E-state index contributed by atoms with van der Waals surface area (Å²) in [7, 11) is 0. The van der Waals surface area contributed by atoms with Crippen molar-refractivity contribution in [3.63, 3.8) is 0 Å². The maximum atomic E-state index is 12.2. The Balaban J connectivity index is 1.87. The second-order valence-corrected chi connectivity index (χ2v) is 4.70. The van der Waals surface area contributed by atoms with Crippen molar-refractivity contribution >= 4 is 16.8 Å². The minimum absolute atomic E-state index is 0.0463. The molecule has 0 radical (unpaired) electrons. The Labute approximate surface area is 100 Å². The number of carbonyl (C=O) groups excluding carboxylic acids is 1. The van der Waals surface area contributed by atoms with E-state index in [1.54, 1.807) is 0 Å². The first-order valence-electron chi connectivity index (χ1n) is 6.21. The van der Waals surface area contributed by atoms with E-state index in [-0.39, 0.29) is 5.91 Å². The monoisotopic (exact) mass is 228 g/mol. The fraction of sp³-hybridized carbons (Fsp3) is 0.357. The molecule has 0 aliphatic heterocycles. The van der Waals surface area contributed by atoms with E-state index in [0.29, 0.717) is 6.04 Å². The number of para-hydroxylation sites is 1. The van der Waals surface area contributed by atoms with Crippen molar-refractivity contribution in [3.8, 4) is 0 Å². The minimum atomic E-state index is 0.0463. The molecule has 2 aromatic rings. The lowest BCUT2D eigenvalue weighted by Gasteiger charge is -2.12. The van der Waals surface area contributed by atoms with Gasteiger partial charge in [0.2, 0.25) is 0 Å². The molecule has 3 rings (SSSR count). The third kappa shape index (κ3) is 1.93. The first kappa shape index (κ1) is 10.4. The smallest absolute Gasteiger partial charge is 0.253 e. The summed E-state index contributed by atoms with van der Waals surface area (Å²) in [5.41, 5.74) is 1.68. The van der Waals surface area contributed by atoms with Crippen LogP contribution in [0.5, 0.6) is 0 Å². The summed E-state index contributed by atoms with van der Waals surface area (Å²) in [6.07, 6.45) is 6.57. The zero-order chi connectivity index (χ0) is 11.7. The molecule has 1 fully saturated rings. The number of amides is 1. The van der Waals surface area contributed by atoms with Crippen LogP contribution in [0, 0.1) is 0 Å². The van der Waals surface area contributed by atoms with Gasteiger partial charge in [-0.15, -0.1) is 0 Å². The van der Waals surface area contributed by atoms with Crippen LogP contribution in [0.2, 0.25) is 0 Å². The highest BCUT2D eigenvalue weighted by Crippen LogP contribution is 2.20. The molecule has 1 aromatic carbocycles. The van der Waals surface area contributed by atoms with Crippen molar-refractivity contribution in [1.29, 1.82) is 0 Å². The van der Waals surface area contributed by atoms with Crippen molar-refractivity contribution in [3.05, 3.63) is 36.0 Å². The highest BCUT2D eigenvalue weighted by atomic mass is 16.1. The van der Waals surface area contributed by atoms with Crippen LogP contribution in [0.1, 0.15) is 36.0 Å². The highest BCUT2D eigenvalue weighted by Gasteiger charge is 2.19. The molecule has 3 nitrogen and oxygen atoms in total. The van der Waals surface area contributed by atoms with E-state index in [1.165, 1.54) is 12.8 Å². The van der Waals surface area contributed by atoms with E-state index in [9.17, 15) is 4.79 Å². The Morgan fingerprint density at radius 2 is 2.06 bits per heavy atom. The molecule has 0 saturated heterocycles. The van der Waals surface area contributed by atoms with Crippen LogP contribution < -0.4 is 5.32 Å². The topological polar surface area (TPSA) is 44.9 Å². The van der Waals surface area contributed by atoms with Crippen LogP contribution in [-0.4, -0.2) is 16.9 Å². The number of benzene rings is 1. The van der Waals surface area contributed by atoms with E-state index in [1.807, 2.05) is 30.5 Å². The van der Waals surface area contributed by atoms with E-state index in [2.05, 4.69) is 10.3 Å². The van der Waals surface area contributed by atoms with Crippen molar-refractivity contribution in [2.75, 3.05) is 0 Å². The third-order valence-electron chi connectivity index (χ3n) is 3.52. The number of aromatic amines is 1. The van der Waals surface area contributed by atoms with Gasteiger partial charge in [-0.3, -0.25) is 4.79 Å². The van der Waals surface area contributed by atoms with Gasteiger partial charge in [0.1, 0.15) is 0 Å². The highest BCUT2D eigenvalue weighted by molar-refractivity contribution is 6.05. The summed E-state index contributed by atoms with van der Waals surface area (Å²) < 4.78 is 0. The van der Waals surface area contributed by atoms with Crippen LogP contribution in [0.15, 0.2) is 30.5 Å². The molecular weight excluding hydrogens is 212 g/mol. The van der Waals surface area contributed by atoms with Gasteiger partial charge in [0, 0.05) is 17.6 Å². The van der Waals surface area contributed by atoms with Crippen LogP contribution in [0.4, 0.5) is 0 Å². The zero-order valence-corrected chi connectivity index (χ0v) is 9.70. The molecule has 1 aliphatic rings. The fourth-order valence-corrected chi connectivity index (χ4v) is 2.61. The van der Waals surface area contributed by atoms with Crippen LogP contribution in [-0.2, 0) is 0 Å². The second kappa shape index (κ2) is 4.24. The van der Waals surface area contributed by atoms with Gasteiger partial charge in [-0.2, -0.15) is 0 Å². The maximum absolute atomic E-state index is 12.2. The van der Waals surface area contributed by atoms with Gasteiger partial charge in [0.25, 0.3) is 5.91 Å². The number of fused-ring (bicyclic) bond motifs is 1. The summed E-state index contributed by atoms with van der Waals surface area (Å²) in [5.74, 6) is 0.0463. The number of aromatic nitrogens is 1. The molecule has 88 valence electrons. The quantitative estimate of drug-likeness (QED) is 0.815. The second-order valence-electron chi connectivity index (χ2n) is 4.70. The molecule has 17 heavy (non-hydrogen) atoms. The molecule has 0 atom stereocenters. The number of rotatable bonds is 2. The standard InChI is InChI=1S/C14H16N2O/c17-14(16-11-5-1-2-6-11)12-7-3-4-10-8-9-15-13(10)12/h3-4,7-9,11,15H,1-2,5-6H2,(H,16,17). The Morgan fingerprint density at radius 3 is 2.88 bits per heavy atom. The maximum Gasteiger partial charge on any atom is 0.253 e. The van der Waals surface area contributed by atoms with Crippen LogP contribution in [0.3, 0.4) is 0 Å². The fourth-order valence-electron chi connectivity index (χ4n) is 2.61. The van der Waals surface area contributed by atoms with Crippen molar-refractivity contribution in [1.82, 2.24) is 10.3 Å². The predicted octanol–water partition coefficient (Wildman–Crippen LogP) is 2.84. The molecule has 1 saturated carbocycles. The first-order valence-corrected chi connectivity index (χ1v) is 6.21. The molecule has 1 aliphatic carbocycles. The molecule has 1 amide bonds. The number of nitrogens with one attached hydrogen (secondary N) is 2. The Kier molecular flexibility index (Phi) is 2.59. The van der Waals surface area contributed by atoms with Gasteiger partial charge in [-0.1, -0.05) is 25.0 Å². The summed E-state index contributed by atoms with van der Waals surface area (Å²) in [6.45, 7) is 0. The Morgan fingerprint density at radius 1 is 1.24 bits per heavy atom. The average molecular weight is 228 g/mol.